The lowest BCUT2D eigenvalue weighted by atomic mass is 10.1. The summed E-state index contributed by atoms with van der Waals surface area (Å²) < 4.78 is 13.5. The van der Waals surface area contributed by atoms with Crippen molar-refractivity contribution in [3.05, 3.63) is 82.3 Å². The fraction of sp³-hybridized carbons (Fsp3) is 0.133. The minimum absolute atomic E-state index is 0.198. The Labute approximate surface area is 242 Å². The van der Waals surface area contributed by atoms with Crippen LogP contribution in [-0.2, 0) is 0 Å². The molecule has 4 aromatic heterocycles. The Morgan fingerprint density at radius 2 is 1.10 bits per heavy atom. The van der Waals surface area contributed by atoms with Gasteiger partial charge in [-0.1, -0.05) is 0 Å². The molecule has 4 heterocycles. The average Bonchev–Trinajstić information content (AvgIpc) is 3.42. The number of benzene rings is 2. The quantitative estimate of drug-likeness (QED) is 0.309. The van der Waals surface area contributed by atoms with E-state index in [0.717, 1.165) is 0 Å². The zero-order valence-corrected chi connectivity index (χ0v) is 23.2. The number of hydrogen-bond donors (Lipinski definition) is 0. The number of fused-ring (bicyclic) bond motifs is 3. The summed E-state index contributed by atoms with van der Waals surface area (Å²) in [6, 6.07) is 15.2. The van der Waals surface area contributed by atoms with E-state index in [4.69, 9.17) is 35.4 Å². The van der Waals surface area contributed by atoms with Gasteiger partial charge in [0.25, 0.3) is 0 Å². The second-order valence-electron chi connectivity index (χ2n) is 9.55. The molecule has 0 bridgehead atoms. The zero-order chi connectivity index (χ0) is 29.7. The van der Waals surface area contributed by atoms with Gasteiger partial charge in [-0.25, -0.2) is 9.97 Å². The van der Waals surface area contributed by atoms with Crippen LogP contribution in [0.15, 0.2) is 48.8 Å². The number of rotatable bonds is 4. The van der Waals surface area contributed by atoms with E-state index in [2.05, 4.69) is 22.1 Å². The molecule has 10 nitrogen and oxygen atoms in total. The number of ether oxygens (including phenoxy) is 2. The average molecular weight is 546 g/mol. The first kappa shape index (κ1) is 26.6. The summed E-state index contributed by atoms with van der Waals surface area (Å²) in [5.41, 5.74) is 4.65. The van der Waals surface area contributed by atoms with E-state index in [1.54, 1.807) is 64.5 Å². The van der Waals surface area contributed by atoms with Gasteiger partial charge in [0.15, 0.2) is 0 Å². The van der Waals surface area contributed by atoms with E-state index >= 15 is 0 Å². The van der Waals surface area contributed by atoms with Gasteiger partial charge in [-0.3, -0.25) is 9.97 Å². The Bertz CT molecular complexity index is 2150. The summed E-state index contributed by atoms with van der Waals surface area (Å²) in [4.78, 5) is 18.4. The van der Waals surface area contributed by atoms with Crippen LogP contribution in [0.4, 0.5) is 0 Å². The molecular formula is C30H20B2N8O2. The van der Waals surface area contributed by atoms with Crippen LogP contribution in [0.1, 0.15) is 22.8 Å². The summed E-state index contributed by atoms with van der Waals surface area (Å²) in [6.07, 6.45) is 3.06. The third-order valence-electron chi connectivity index (χ3n) is 7.36. The number of nitrogens with zero attached hydrogens (tertiary/aromatic N) is 8. The molecule has 0 spiro atoms. The van der Waals surface area contributed by atoms with Crippen molar-refractivity contribution >= 4 is 59.9 Å². The maximum Gasteiger partial charge on any atom is 0.234 e. The van der Waals surface area contributed by atoms with Gasteiger partial charge < -0.3 is 18.4 Å². The molecule has 0 N–H and O–H groups in total. The van der Waals surface area contributed by atoms with Crippen molar-refractivity contribution in [3.63, 3.8) is 0 Å². The summed E-state index contributed by atoms with van der Waals surface area (Å²) in [5, 5.41) is 22.8. The fourth-order valence-corrected chi connectivity index (χ4v) is 5.19. The second-order valence-corrected chi connectivity index (χ2v) is 9.55. The van der Waals surface area contributed by atoms with Gasteiger partial charge in [0, 0.05) is 34.3 Å². The molecular weight excluding hydrogens is 526 g/mol. The minimum atomic E-state index is 0.198. The highest BCUT2D eigenvalue weighted by atomic mass is 16.5. The molecule has 198 valence electrons. The molecule has 0 saturated heterocycles. The lowest BCUT2D eigenvalue weighted by molar-refractivity contribution is 0.415. The van der Waals surface area contributed by atoms with Crippen LogP contribution in [0.25, 0.3) is 44.0 Å². The molecule has 0 aliphatic heterocycles. The molecule has 42 heavy (non-hydrogen) atoms. The smallest absolute Gasteiger partial charge is 0.234 e. The highest BCUT2D eigenvalue weighted by Crippen LogP contribution is 2.24. The van der Waals surface area contributed by atoms with E-state index in [-0.39, 0.29) is 11.1 Å². The van der Waals surface area contributed by atoms with Gasteiger partial charge in [0.1, 0.15) is 46.2 Å². The van der Waals surface area contributed by atoms with Crippen molar-refractivity contribution in [2.45, 2.75) is 13.8 Å². The van der Waals surface area contributed by atoms with E-state index in [9.17, 15) is 10.5 Å². The Balaban J connectivity index is 1.70. The van der Waals surface area contributed by atoms with Crippen molar-refractivity contribution in [2.75, 3.05) is 14.2 Å². The number of methoxy groups -OCH3 is 2. The maximum absolute atomic E-state index is 10.4. The SMILES string of the molecule is [B]n1c(C)c2/c(=C(\C#N)c3cnc4ccc(OC)cc4n3)n([B])c(C)c2/c1=C(\C#N)c1cnc2ccc(OC)cc2n1. The van der Waals surface area contributed by atoms with Gasteiger partial charge >= 0.3 is 0 Å². The summed E-state index contributed by atoms with van der Waals surface area (Å²) >= 11 is 0. The van der Waals surface area contributed by atoms with Gasteiger partial charge in [0.2, 0.25) is 16.0 Å². The van der Waals surface area contributed by atoms with Crippen LogP contribution < -0.4 is 20.2 Å². The number of hydrogen-bond acceptors (Lipinski definition) is 8. The predicted molar refractivity (Wildman–Crippen MR) is 159 cm³/mol. The summed E-state index contributed by atoms with van der Waals surface area (Å²) in [6.45, 7) is 3.60. The van der Waals surface area contributed by atoms with Crippen LogP contribution in [0.3, 0.4) is 0 Å². The predicted octanol–water partition coefficient (Wildman–Crippen LogP) is 2.27. The van der Waals surface area contributed by atoms with Crippen molar-refractivity contribution in [3.8, 4) is 23.6 Å². The molecule has 4 radical (unpaired) electrons. The Morgan fingerprint density at radius 1 is 0.690 bits per heavy atom. The van der Waals surface area contributed by atoms with Crippen molar-refractivity contribution < 1.29 is 9.47 Å². The molecule has 6 rings (SSSR count). The zero-order valence-electron chi connectivity index (χ0n) is 23.2. The Kier molecular flexibility index (Phi) is 6.39. The van der Waals surface area contributed by atoms with E-state index in [0.29, 0.717) is 77.8 Å². The number of nitriles is 2. The first-order valence-corrected chi connectivity index (χ1v) is 12.7. The molecule has 0 aliphatic rings. The maximum atomic E-state index is 10.4. The molecule has 12 heteroatoms. The van der Waals surface area contributed by atoms with Gasteiger partial charge in [-0.15, -0.1) is 0 Å². The summed E-state index contributed by atoms with van der Waals surface area (Å²) in [5.74, 6) is 1.23. The summed E-state index contributed by atoms with van der Waals surface area (Å²) in [7, 11) is 16.3. The van der Waals surface area contributed by atoms with Gasteiger partial charge in [-0.2, -0.15) is 10.5 Å². The van der Waals surface area contributed by atoms with Crippen molar-refractivity contribution in [1.82, 2.24) is 28.9 Å². The number of aryl methyl sites for hydroxylation is 2. The molecule has 0 amide bonds. The van der Waals surface area contributed by atoms with Crippen LogP contribution in [0, 0.1) is 36.5 Å². The highest BCUT2D eigenvalue weighted by Gasteiger charge is 2.22. The van der Waals surface area contributed by atoms with E-state index in [1.165, 1.54) is 21.3 Å². The second kappa shape index (κ2) is 10.1. The molecule has 6 aromatic rings. The molecule has 0 atom stereocenters. The lowest BCUT2D eigenvalue weighted by Crippen LogP contribution is -2.24. The molecule has 0 saturated carbocycles. The van der Waals surface area contributed by atoms with Crippen molar-refractivity contribution in [1.29, 1.82) is 10.5 Å². The van der Waals surface area contributed by atoms with Crippen LogP contribution in [0.2, 0.25) is 0 Å². The van der Waals surface area contributed by atoms with E-state index < -0.39 is 0 Å². The Morgan fingerprint density at radius 3 is 1.45 bits per heavy atom. The van der Waals surface area contributed by atoms with Gasteiger partial charge in [-0.05, 0) is 38.1 Å². The molecule has 0 unspecified atom stereocenters. The van der Waals surface area contributed by atoms with Gasteiger partial charge in [0.05, 0.1) is 59.4 Å². The minimum Gasteiger partial charge on any atom is -0.497 e. The topological polar surface area (TPSA) is 127 Å². The first-order chi connectivity index (χ1) is 20.3. The molecule has 2 aromatic carbocycles. The largest absolute Gasteiger partial charge is 0.497 e. The molecule has 0 fully saturated rings. The lowest BCUT2D eigenvalue weighted by Gasteiger charge is -2.07. The molecule has 0 aliphatic carbocycles. The standard InChI is InChI=1S/C30H20B2N8O2/c1-15-27-28(30(39(15)31)20(12-34)26-14-36-22-8-6-18(42-4)10-24(22)38-26)16(2)40(32)29(27)19(11-33)25-13-35-21-7-5-17(41-3)9-23(21)37-25/h5-10,13-14H,1-4H3/b29-19-,30-20-. The Hall–Kier alpha value is -5.61. The first-order valence-electron chi connectivity index (χ1n) is 12.7. The normalized spacial score (nSPS) is 12.7. The third-order valence-corrected chi connectivity index (χ3v) is 7.36. The fourth-order valence-electron chi connectivity index (χ4n) is 5.19. The van der Waals surface area contributed by atoms with Crippen molar-refractivity contribution in [2.24, 2.45) is 0 Å². The third kappa shape index (κ3) is 3.96. The monoisotopic (exact) mass is 546 g/mol. The highest BCUT2D eigenvalue weighted by molar-refractivity contribution is 6.14. The van der Waals surface area contributed by atoms with Crippen LogP contribution in [-0.4, -0.2) is 59.1 Å². The van der Waals surface area contributed by atoms with E-state index in [1.807, 2.05) is 0 Å². The van der Waals surface area contributed by atoms with Crippen LogP contribution >= 0.6 is 0 Å². The number of aromatic nitrogens is 6. The van der Waals surface area contributed by atoms with Crippen LogP contribution in [0.5, 0.6) is 11.5 Å².